The molecular formula is C14H18N4. The van der Waals surface area contributed by atoms with Gasteiger partial charge in [0.05, 0.1) is 11.9 Å². The monoisotopic (exact) mass is 242 g/mol. The summed E-state index contributed by atoms with van der Waals surface area (Å²) in [6.07, 6.45) is 5.32. The molecule has 2 aromatic rings. The quantitative estimate of drug-likeness (QED) is 0.900. The van der Waals surface area contributed by atoms with Crippen molar-refractivity contribution in [3.8, 4) is 11.3 Å². The predicted molar refractivity (Wildman–Crippen MR) is 72.6 cm³/mol. The molecule has 4 nitrogen and oxygen atoms in total. The van der Waals surface area contributed by atoms with E-state index in [9.17, 15) is 0 Å². The first-order chi connectivity index (χ1) is 8.88. The number of aromatic nitrogens is 3. The molecular weight excluding hydrogens is 224 g/mol. The van der Waals surface area contributed by atoms with E-state index < -0.39 is 0 Å². The van der Waals surface area contributed by atoms with Gasteiger partial charge >= 0.3 is 0 Å². The Morgan fingerprint density at radius 2 is 2.33 bits per heavy atom. The van der Waals surface area contributed by atoms with Gasteiger partial charge in [-0.1, -0.05) is 24.3 Å². The second-order valence-electron chi connectivity index (χ2n) is 4.74. The second-order valence-corrected chi connectivity index (χ2v) is 4.74. The SMILES string of the molecule is CCCn1nncc1-c1ccc2c(c1)NCCC2. The Balaban J connectivity index is 1.98. The highest BCUT2D eigenvalue weighted by atomic mass is 15.4. The van der Waals surface area contributed by atoms with Crippen LogP contribution < -0.4 is 5.32 Å². The highest BCUT2D eigenvalue weighted by Gasteiger charge is 2.12. The van der Waals surface area contributed by atoms with Gasteiger partial charge in [-0.3, -0.25) is 0 Å². The van der Waals surface area contributed by atoms with Gasteiger partial charge in [0.1, 0.15) is 0 Å². The number of benzene rings is 1. The summed E-state index contributed by atoms with van der Waals surface area (Å²) in [5.41, 5.74) is 4.98. The fourth-order valence-electron chi connectivity index (χ4n) is 2.48. The molecule has 0 bridgehead atoms. The molecule has 3 rings (SSSR count). The summed E-state index contributed by atoms with van der Waals surface area (Å²) in [7, 11) is 0. The van der Waals surface area contributed by atoms with E-state index in [0.717, 1.165) is 25.2 Å². The van der Waals surface area contributed by atoms with E-state index in [1.807, 2.05) is 10.9 Å². The average molecular weight is 242 g/mol. The molecule has 1 aromatic heterocycles. The van der Waals surface area contributed by atoms with Crippen LogP contribution in [0, 0.1) is 0 Å². The Hall–Kier alpha value is -1.84. The van der Waals surface area contributed by atoms with Crippen molar-refractivity contribution in [2.24, 2.45) is 0 Å². The second kappa shape index (κ2) is 4.80. The van der Waals surface area contributed by atoms with E-state index in [1.54, 1.807) is 0 Å². The minimum atomic E-state index is 0.917. The maximum absolute atomic E-state index is 4.14. The van der Waals surface area contributed by atoms with Gasteiger partial charge in [-0.25, -0.2) is 4.68 Å². The van der Waals surface area contributed by atoms with Gasteiger partial charge in [-0.2, -0.15) is 0 Å². The molecule has 0 fully saturated rings. The van der Waals surface area contributed by atoms with Gasteiger partial charge in [-0.15, -0.1) is 5.10 Å². The van der Waals surface area contributed by atoms with Gasteiger partial charge in [0.2, 0.25) is 0 Å². The normalized spacial score (nSPS) is 14.1. The molecule has 0 radical (unpaired) electrons. The van der Waals surface area contributed by atoms with E-state index in [1.165, 1.54) is 29.7 Å². The molecule has 2 heterocycles. The minimum Gasteiger partial charge on any atom is -0.385 e. The molecule has 0 saturated heterocycles. The van der Waals surface area contributed by atoms with Crippen LogP contribution in [0.4, 0.5) is 5.69 Å². The molecule has 1 N–H and O–H groups in total. The molecule has 0 aliphatic carbocycles. The predicted octanol–water partition coefficient (Wildman–Crippen LogP) is 2.71. The van der Waals surface area contributed by atoms with E-state index >= 15 is 0 Å². The maximum atomic E-state index is 4.14. The van der Waals surface area contributed by atoms with Gasteiger partial charge in [0, 0.05) is 24.3 Å². The molecule has 4 heteroatoms. The lowest BCUT2D eigenvalue weighted by Crippen LogP contribution is -2.11. The number of nitrogens with one attached hydrogen (secondary N) is 1. The van der Waals surface area contributed by atoms with Gasteiger partial charge in [-0.05, 0) is 30.9 Å². The fourth-order valence-corrected chi connectivity index (χ4v) is 2.48. The van der Waals surface area contributed by atoms with Crippen LogP contribution in [0.15, 0.2) is 24.4 Å². The Bertz CT molecular complexity index is 544. The van der Waals surface area contributed by atoms with Crippen LogP contribution in [0.1, 0.15) is 25.3 Å². The lowest BCUT2D eigenvalue weighted by molar-refractivity contribution is 0.584. The van der Waals surface area contributed by atoms with Crippen LogP contribution >= 0.6 is 0 Å². The highest BCUT2D eigenvalue weighted by molar-refractivity contribution is 5.68. The van der Waals surface area contributed by atoms with Crippen molar-refractivity contribution in [1.29, 1.82) is 0 Å². The first kappa shape index (κ1) is 11.3. The van der Waals surface area contributed by atoms with Crippen LogP contribution in [0.3, 0.4) is 0 Å². The molecule has 0 amide bonds. The van der Waals surface area contributed by atoms with Crippen LogP contribution in [-0.2, 0) is 13.0 Å². The third kappa shape index (κ3) is 1.98. The van der Waals surface area contributed by atoms with E-state index in [2.05, 4.69) is 40.8 Å². The Labute approximate surface area is 107 Å². The van der Waals surface area contributed by atoms with Gasteiger partial charge in [0.15, 0.2) is 0 Å². The number of aryl methyl sites for hydroxylation is 2. The number of hydrogen-bond donors (Lipinski definition) is 1. The van der Waals surface area contributed by atoms with E-state index in [-0.39, 0.29) is 0 Å². The molecule has 0 unspecified atom stereocenters. The third-order valence-electron chi connectivity index (χ3n) is 3.40. The third-order valence-corrected chi connectivity index (χ3v) is 3.40. The summed E-state index contributed by atoms with van der Waals surface area (Å²) in [5, 5.41) is 11.6. The summed E-state index contributed by atoms with van der Waals surface area (Å²) < 4.78 is 1.98. The molecule has 0 spiro atoms. The summed E-state index contributed by atoms with van der Waals surface area (Å²) in [5.74, 6) is 0. The highest BCUT2D eigenvalue weighted by Crippen LogP contribution is 2.28. The van der Waals surface area contributed by atoms with Crippen molar-refractivity contribution >= 4 is 5.69 Å². The van der Waals surface area contributed by atoms with Crippen molar-refractivity contribution in [3.05, 3.63) is 30.0 Å². The van der Waals surface area contributed by atoms with Crippen molar-refractivity contribution in [2.45, 2.75) is 32.7 Å². The first-order valence-corrected chi connectivity index (χ1v) is 6.64. The molecule has 1 aliphatic rings. The number of anilines is 1. The molecule has 18 heavy (non-hydrogen) atoms. The zero-order chi connectivity index (χ0) is 12.4. The maximum Gasteiger partial charge on any atom is 0.0886 e. The minimum absolute atomic E-state index is 0.917. The number of nitrogens with zero attached hydrogens (tertiary/aromatic N) is 3. The van der Waals surface area contributed by atoms with Crippen LogP contribution in [0.2, 0.25) is 0 Å². The summed E-state index contributed by atoms with van der Waals surface area (Å²) >= 11 is 0. The smallest absolute Gasteiger partial charge is 0.0886 e. The Kier molecular flexibility index (Phi) is 3.00. The lowest BCUT2D eigenvalue weighted by Gasteiger charge is -2.18. The van der Waals surface area contributed by atoms with E-state index in [0.29, 0.717) is 0 Å². The zero-order valence-corrected chi connectivity index (χ0v) is 10.7. The standard InChI is InChI=1S/C14H18N4/c1-2-8-18-14(10-16-17-18)12-6-5-11-4-3-7-15-13(11)9-12/h5-6,9-10,15H,2-4,7-8H2,1H3. The number of hydrogen-bond acceptors (Lipinski definition) is 3. The van der Waals surface area contributed by atoms with Crippen LogP contribution in [-0.4, -0.2) is 21.5 Å². The number of fused-ring (bicyclic) bond motifs is 1. The summed E-state index contributed by atoms with van der Waals surface area (Å²) in [4.78, 5) is 0. The van der Waals surface area contributed by atoms with E-state index in [4.69, 9.17) is 0 Å². The molecule has 0 atom stereocenters. The van der Waals surface area contributed by atoms with Crippen LogP contribution in [0.5, 0.6) is 0 Å². The zero-order valence-electron chi connectivity index (χ0n) is 10.7. The van der Waals surface area contributed by atoms with Crippen molar-refractivity contribution < 1.29 is 0 Å². The fraction of sp³-hybridized carbons (Fsp3) is 0.429. The summed E-state index contributed by atoms with van der Waals surface area (Å²) in [6, 6.07) is 6.62. The lowest BCUT2D eigenvalue weighted by atomic mass is 10.0. The Morgan fingerprint density at radius 1 is 1.39 bits per heavy atom. The van der Waals surface area contributed by atoms with Gasteiger partial charge < -0.3 is 5.32 Å². The Morgan fingerprint density at radius 3 is 3.22 bits per heavy atom. The topological polar surface area (TPSA) is 42.7 Å². The molecule has 0 saturated carbocycles. The average Bonchev–Trinajstić information content (AvgIpc) is 2.87. The molecule has 94 valence electrons. The number of rotatable bonds is 3. The van der Waals surface area contributed by atoms with Gasteiger partial charge in [0.25, 0.3) is 0 Å². The van der Waals surface area contributed by atoms with Crippen molar-refractivity contribution in [2.75, 3.05) is 11.9 Å². The summed E-state index contributed by atoms with van der Waals surface area (Å²) in [6.45, 7) is 4.14. The molecule has 1 aliphatic heterocycles. The van der Waals surface area contributed by atoms with Crippen molar-refractivity contribution in [1.82, 2.24) is 15.0 Å². The van der Waals surface area contributed by atoms with Crippen molar-refractivity contribution in [3.63, 3.8) is 0 Å². The molecule has 1 aromatic carbocycles. The van der Waals surface area contributed by atoms with Crippen LogP contribution in [0.25, 0.3) is 11.3 Å². The largest absolute Gasteiger partial charge is 0.385 e. The first-order valence-electron chi connectivity index (χ1n) is 6.64.